The highest BCUT2D eigenvalue weighted by Gasteiger charge is 2.18. The van der Waals surface area contributed by atoms with Gasteiger partial charge in [-0.1, -0.05) is 36.7 Å². The van der Waals surface area contributed by atoms with Gasteiger partial charge in [0, 0.05) is 22.3 Å². The van der Waals surface area contributed by atoms with Crippen LogP contribution in [0.25, 0.3) is 0 Å². The molecule has 35 heavy (non-hydrogen) atoms. The molecule has 0 saturated carbocycles. The Morgan fingerprint density at radius 1 is 1.17 bits per heavy atom. The minimum absolute atomic E-state index is 0.0429. The van der Waals surface area contributed by atoms with Crippen molar-refractivity contribution in [1.29, 1.82) is 0 Å². The molecule has 4 aromatic rings. The SMILES string of the molecule is CCc1nc(Nc2nc(C(=O)O)co2)ncc1CN=C(c1cccc(Cl)c1)c1c(F)cccc1F. The van der Waals surface area contributed by atoms with Gasteiger partial charge in [-0.05, 0) is 30.7 Å². The largest absolute Gasteiger partial charge is 0.476 e. The van der Waals surface area contributed by atoms with Crippen LogP contribution in [0.3, 0.4) is 0 Å². The summed E-state index contributed by atoms with van der Waals surface area (Å²) in [7, 11) is 0. The van der Waals surface area contributed by atoms with Crippen LogP contribution in [-0.4, -0.2) is 31.7 Å². The highest BCUT2D eigenvalue weighted by Crippen LogP contribution is 2.22. The van der Waals surface area contributed by atoms with Crippen LogP contribution in [0.2, 0.25) is 5.02 Å². The molecular formula is C24H18ClF2N5O3. The van der Waals surface area contributed by atoms with Crippen molar-refractivity contribution in [1.82, 2.24) is 15.0 Å². The molecule has 0 aliphatic heterocycles. The molecule has 2 aromatic carbocycles. The minimum Gasteiger partial charge on any atom is -0.476 e. The topological polar surface area (TPSA) is 114 Å². The van der Waals surface area contributed by atoms with Gasteiger partial charge in [0.2, 0.25) is 5.95 Å². The molecule has 8 nitrogen and oxygen atoms in total. The maximum atomic E-state index is 14.6. The number of halogens is 3. The molecule has 0 aliphatic rings. The third kappa shape index (κ3) is 5.49. The van der Waals surface area contributed by atoms with Gasteiger partial charge in [0.25, 0.3) is 0 Å². The van der Waals surface area contributed by atoms with Crippen molar-refractivity contribution in [3.63, 3.8) is 0 Å². The van der Waals surface area contributed by atoms with Gasteiger partial charge < -0.3 is 9.52 Å². The fourth-order valence-corrected chi connectivity index (χ4v) is 3.49. The predicted octanol–water partition coefficient (Wildman–Crippen LogP) is 5.44. The highest BCUT2D eigenvalue weighted by atomic mass is 35.5. The number of benzene rings is 2. The molecule has 0 atom stereocenters. The van der Waals surface area contributed by atoms with Crippen LogP contribution in [0.5, 0.6) is 0 Å². The maximum absolute atomic E-state index is 14.6. The van der Waals surface area contributed by atoms with Crippen LogP contribution >= 0.6 is 11.6 Å². The Hall–Kier alpha value is -4.18. The third-order valence-corrected chi connectivity index (χ3v) is 5.17. The Bertz CT molecular complexity index is 1400. The minimum atomic E-state index is -1.23. The molecule has 0 unspecified atom stereocenters. The van der Waals surface area contributed by atoms with Crippen molar-refractivity contribution in [3.8, 4) is 0 Å². The zero-order chi connectivity index (χ0) is 24.9. The van der Waals surface area contributed by atoms with Crippen molar-refractivity contribution in [2.45, 2.75) is 19.9 Å². The molecule has 0 radical (unpaired) electrons. The monoisotopic (exact) mass is 497 g/mol. The van der Waals surface area contributed by atoms with Crippen LogP contribution < -0.4 is 5.32 Å². The molecule has 0 aliphatic carbocycles. The third-order valence-electron chi connectivity index (χ3n) is 4.94. The number of carboxylic acid groups (broad SMARTS) is 1. The van der Waals surface area contributed by atoms with E-state index in [2.05, 4.69) is 25.3 Å². The van der Waals surface area contributed by atoms with Gasteiger partial charge in [-0.2, -0.15) is 4.98 Å². The molecular weight excluding hydrogens is 480 g/mol. The Kier molecular flexibility index (Phi) is 7.11. The molecule has 2 aromatic heterocycles. The highest BCUT2D eigenvalue weighted by molar-refractivity contribution is 6.31. The maximum Gasteiger partial charge on any atom is 0.357 e. The van der Waals surface area contributed by atoms with E-state index in [1.165, 1.54) is 12.3 Å². The number of aromatic nitrogens is 3. The van der Waals surface area contributed by atoms with Crippen LogP contribution in [0, 0.1) is 11.6 Å². The number of nitrogens with one attached hydrogen (secondary N) is 1. The lowest BCUT2D eigenvalue weighted by molar-refractivity contribution is 0.0690. The summed E-state index contributed by atoms with van der Waals surface area (Å²) in [6.45, 7) is 1.92. The van der Waals surface area contributed by atoms with Gasteiger partial charge in [-0.25, -0.2) is 23.5 Å². The number of carbonyl (C=O) groups is 1. The summed E-state index contributed by atoms with van der Waals surface area (Å²) in [6, 6.07) is 10.1. The first kappa shape index (κ1) is 24.0. The first-order valence-electron chi connectivity index (χ1n) is 10.4. The lowest BCUT2D eigenvalue weighted by Crippen LogP contribution is -2.11. The second-order valence-corrected chi connectivity index (χ2v) is 7.70. The van der Waals surface area contributed by atoms with Crippen LogP contribution in [0.15, 0.2) is 64.3 Å². The first-order chi connectivity index (χ1) is 16.9. The molecule has 11 heteroatoms. The summed E-state index contributed by atoms with van der Waals surface area (Å²) in [5.41, 5.74) is 1.29. The van der Waals surface area contributed by atoms with Gasteiger partial charge >= 0.3 is 12.0 Å². The zero-order valence-electron chi connectivity index (χ0n) is 18.3. The Balaban J connectivity index is 1.67. The van der Waals surface area contributed by atoms with Gasteiger partial charge in [-0.15, -0.1) is 0 Å². The van der Waals surface area contributed by atoms with E-state index in [4.69, 9.17) is 21.1 Å². The number of hydrogen-bond acceptors (Lipinski definition) is 7. The van der Waals surface area contributed by atoms with Crippen molar-refractivity contribution < 1.29 is 23.1 Å². The van der Waals surface area contributed by atoms with E-state index in [1.54, 1.807) is 24.3 Å². The number of hydrogen-bond donors (Lipinski definition) is 2. The lowest BCUT2D eigenvalue weighted by Gasteiger charge is -2.12. The summed E-state index contributed by atoms with van der Waals surface area (Å²) in [4.78, 5) is 27.9. The number of oxazole rings is 1. The molecule has 0 saturated heterocycles. The summed E-state index contributed by atoms with van der Waals surface area (Å²) in [5.74, 6) is -2.58. The Labute approximate surface area is 203 Å². The van der Waals surface area contributed by atoms with E-state index in [-0.39, 0.29) is 35.5 Å². The van der Waals surface area contributed by atoms with Gasteiger partial charge in [-0.3, -0.25) is 10.3 Å². The average Bonchev–Trinajstić information content (AvgIpc) is 3.30. The van der Waals surface area contributed by atoms with Crippen LogP contribution in [0.1, 0.15) is 39.8 Å². The molecule has 0 spiro atoms. The Morgan fingerprint density at radius 3 is 2.57 bits per heavy atom. The van der Waals surface area contributed by atoms with Crippen molar-refractivity contribution in [2.75, 3.05) is 5.32 Å². The van der Waals surface area contributed by atoms with E-state index < -0.39 is 17.6 Å². The standard InChI is InChI=1S/C24H18ClF2N5O3/c1-2-18-14(11-29-23(30-18)32-24-31-19(12-35-24)22(33)34)10-28-21(13-5-3-6-15(25)9-13)20-16(26)7-4-8-17(20)27/h3-9,11-12H,2,10H2,1H3,(H,33,34)(H,29,30,31,32). The zero-order valence-corrected chi connectivity index (χ0v) is 19.1. The number of nitrogens with zero attached hydrogens (tertiary/aromatic N) is 4. The second kappa shape index (κ2) is 10.4. The number of carboxylic acids is 1. The summed E-state index contributed by atoms with van der Waals surface area (Å²) in [5, 5.41) is 12.1. The number of aryl methyl sites for hydroxylation is 1. The van der Waals surface area contributed by atoms with Crippen molar-refractivity contribution >= 4 is 35.2 Å². The second-order valence-electron chi connectivity index (χ2n) is 7.26. The first-order valence-corrected chi connectivity index (χ1v) is 10.8. The number of rotatable bonds is 8. The molecule has 0 amide bonds. The fraction of sp³-hybridized carbons (Fsp3) is 0.125. The van der Waals surface area contributed by atoms with E-state index >= 15 is 0 Å². The van der Waals surface area contributed by atoms with Crippen LogP contribution in [-0.2, 0) is 13.0 Å². The molecule has 0 fully saturated rings. The van der Waals surface area contributed by atoms with Crippen molar-refractivity contribution in [3.05, 3.63) is 99.7 Å². The van der Waals surface area contributed by atoms with E-state index in [0.29, 0.717) is 28.3 Å². The van der Waals surface area contributed by atoms with Gasteiger partial charge in [0.1, 0.15) is 17.9 Å². The fourth-order valence-electron chi connectivity index (χ4n) is 3.30. The van der Waals surface area contributed by atoms with Gasteiger partial charge in [0.05, 0.1) is 23.5 Å². The van der Waals surface area contributed by atoms with Gasteiger partial charge in [0.15, 0.2) is 5.69 Å². The normalized spacial score (nSPS) is 11.5. The molecule has 178 valence electrons. The molecule has 0 bridgehead atoms. The summed E-state index contributed by atoms with van der Waals surface area (Å²) < 4.78 is 34.3. The van der Waals surface area contributed by atoms with E-state index in [9.17, 15) is 13.6 Å². The predicted molar refractivity (Wildman–Crippen MR) is 125 cm³/mol. The summed E-state index contributed by atoms with van der Waals surface area (Å²) >= 11 is 6.11. The quantitative estimate of drug-likeness (QED) is 0.312. The van der Waals surface area contributed by atoms with E-state index in [0.717, 1.165) is 18.4 Å². The average molecular weight is 498 g/mol. The molecule has 2 heterocycles. The van der Waals surface area contributed by atoms with Crippen LogP contribution in [0.4, 0.5) is 20.7 Å². The molecule has 4 rings (SSSR count). The smallest absolute Gasteiger partial charge is 0.357 e. The Morgan fingerprint density at radius 2 is 1.91 bits per heavy atom. The number of aromatic carboxylic acids is 1. The number of anilines is 2. The van der Waals surface area contributed by atoms with E-state index in [1.807, 2.05) is 6.92 Å². The summed E-state index contributed by atoms with van der Waals surface area (Å²) in [6.07, 6.45) is 3.02. The molecule has 2 N–H and O–H groups in total. The van der Waals surface area contributed by atoms with Crippen molar-refractivity contribution in [2.24, 2.45) is 4.99 Å². The lowest BCUT2D eigenvalue weighted by atomic mass is 10.0. The number of aliphatic imine (C=N–C) groups is 1.